The Kier molecular flexibility index (Phi) is 5.36. The number of hydrogen-bond donors (Lipinski definition) is 0. The summed E-state index contributed by atoms with van der Waals surface area (Å²) in [6.45, 7) is 3.15. The van der Waals surface area contributed by atoms with Crippen molar-refractivity contribution >= 4 is 33.6 Å². The van der Waals surface area contributed by atoms with Gasteiger partial charge >= 0.3 is 0 Å². The molecule has 0 aliphatic carbocycles. The van der Waals surface area contributed by atoms with Gasteiger partial charge in [0.2, 0.25) is 0 Å². The maximum absolute atomic E-state index is 10.9. The highest BCUT2D eigenvalue weighted by atomic mass is 79.9. The van der Waals surface area contributed by atoms with Crippen molar-refractivity contribution in [3.05, 3.63) is 58.6 Å². The normalized spacial score (nSPS) is 10.3. The van der Waals surface area contributed by atoms with E-state index in [1.54, 1.807) is 0 Å². The van der Waals surface area contributed by atoms with E-state index >= 15 is 0 Å². The number of rotatable bonds is 6. The van der Waals surface area contributed by atoms with Crippen LogP contribution in [0.2, 0.25) is 0 Å². The van der Waals surface area contributed by atoms with E-state index in [1.165, 1.54) is 5.69 Å². The average molecular weight is 332 g/mol. The summed E-state index contributed by atoms with van der Waals surface area (Å²) < 4.78 is 0.836. The van der Waals surface area contributed by atoms with Crippen LogP contribution in [0.15, 0.2) is 53.0 Å². The molecule has 0 unspecified atom stereocenters. The number of aldehydes is 1. The molecule has 20 heavy (non-hydrogen) atoms. The highest BCUT2D eigenvalue weighted by Gasteiger charge is 2.10. The van der Waals surface area contributed by atoms with Crippen LogP contribution in [0, 0.1) is 0 Å². The molecule has 0 spiro atoms. The molecule has 0 saturated carbocycles. The average Bonchev–Trinajstić information content (AvgIpc) is 2.49. The van der Waals surface area contributed by atoms with Crippen molar-refractivity contribution in [2.45, 2.75) is 19.8 Å². The van der Waals surface area contributed by atoms with E-state index in [1.807, 2.05) is 36.4 Å². The Morgan fingerprint density at radius 2 is 1.85 bits per heavy atom. The molecule has 0 atom stereocenters. The van der Waals surface area contributed by atoms with E-state index < -0.39 is 0 Å². The fraction of sp³-hybridized carbons (Fsp3) is 0.235. The molecule has 0 radical (unpaired) electrons. The van der Waals surface area contributed by atoms with Gasteiger partial charge in [-0.25, -0.2) is 0 Å². The standard InChI is InChI=1S/C17H18BrNO/c1-2-3-11-19(15-7-5-4-6-8-15)16-10-9-14(13-20)17(18)12-16/h4-10,12-13H,2-3,11H2,1H3. The Labute approximate surface area is 128 Å². The van der Waals surface area contributed by atoms with Gasteiger partial charge in [-0.2, -0.15) is 0 Å². The van der Waals surface area contributed by atoms with E-state index in [9.17, 15) is 4.79 Å². The number of halogens is 1. The maximum Gasteiger partial charge on any atom is 0.151 e. The number of carbonyl (C=O) groups excluding carboxylic acids is 1. The van der Waals surface area contributed by atoms with Gasteiger partial charge < -0.3 is 4.90 Å². The zero-order valence-electron chi connectivity index (χ0n) is 11.6. The van der Waals surface area contributed by atoms with Gasteiger partial charge in [0.1, 0.15) is 0 Å². The van der Waals surface area contributed by atoms with Crippen molar-refractivity contribution in [3.63, 3.8) is 0 Å². The van der Waals surface area contributed by atoms with Crippen LogP contribution in [0.1, 0.15) is 30.1 Å². The molecule has 0 saturated heterocycles. The topological polar surface area (TPSA) is 20.3 Å². The van der Waals surface area contributed by atoms with Gasteiger partial charge in [-0.1, -0.05) is 31.5 Å². The number of benzene rings is 2. The number of para-hydroxylation sites is 1. The SMILES string of the molecule is CCCCN(c1ccccc1)c1ccc(C=O)c(Br)c1. The summed E-state index contributed by atoms with van der Waals surface area (Å²) in [5.41, 5.74) is 2.95. The summed E-state index contributed by atoms with van der Waals surface area (Å²) in [7, 11) is 0. The quantitative estimate of drug-likeness (QED) is 0.678. The first-order valence-electron chi connectivity index (χ1n) is 6.83. The number of unbranched alkanes of at least 4 members (excludes halogenated alkanes) is 1. The van der Waals surface area contributed by atoms with Gasteiger partial charge in [-0.05, 0) is 52.7 Å². The molecule has 0 bridgehead atoms. The van der Waals surface area contributed by atoms with Gasteiger partial charge in [0.05, 0.1) is 0 Å². The zero-order valence-corrected chi connectivity index (χ0v) is 13.1. The molecule has 0 aliphatic rings. The fourth-order valence-corrected chi connectivity index (χ4v) is 2.57. The van der Waals surface area contributed by atoms with Crippen molar-refractivity contribution in [1.29, 1.82) is 0 Å². The van der Waals surface area contributed by atoms with Crippen LogP contribution >= 0.6 is 15.9 Å². The highest BCUT2D eigenvalue weighted by Crippen LogP contribution is 2.29. The molecular formula is C17H18BrNO. The third-order valence-electron chi connectivity index (χ3n) is 3.23. The first kappa shape index (κ1) is 14.8. The van der Waals surface area contributed by atoms with Crippen molar-refractivity contribution < 1.29 is 4.79 Å². The van der Waals surface area contributed by atoms with Crippen LogP contribution in [-0.4, -0.2) is 12.8 Å². The second kappa shape index (κ2) is 7.25. The molecule has 0 heterocycles. The van der Waals surface area contributed by atoms with Crippen LogP contribution < -0.4 is 4.90 Å². The number of anilines is 2. The summed E-state index contributed by atoms with van der Waals surface area (Å²) >= 11 is 3.46. The fourth-order valence-electron chi connectivity index (χ4n) is 2.11. The van der Waals surface area contributed by atoms with Gasteiger partial charge in [0.15, 0.2) is 6.29 Å². The molecule has 0 N–H and O–H groups in total. The molecule has 0 fully saturated rings. The van der Waals surface area contributed by atoms with Crippen LogP contribution in [0.5, 0.6) is 0 Å². The monoisotopic (exact) mass is 331 g/mol. The largest absolute Gasteiger partial charge is 0.341 e. The predicted octanol–water partition coefficient (Wildman–Crippen LogP) is 5.20. The van der Waals surface area contributed by atoms with E-state index in [-0.39, 0.29) is 0 Å². The second-order valence-electron chi connectivity index (χ2n) is 4.66. The minimum atomic E-state index is 0.678. The minimum Gasteiger partial charge on any atom is -0.341 e. The first-order valence-corrected chi connectivity index (χ1v) is 7.63. The number of nitrogens with zero attached hydrogens (tertiary/aromatic N) is 1. The van der Waals surface area contributed by atoms with Gasteiger partial charge in [0, 0.05) is 28.0 Å². The molecule has 2 rings (SSSR count). The summed E-state index contributed by atoms with van der Waals surface area (Å²) in [6, 6.07) is 16.2. The second-order valence-corrected chi connectivity index (χ2v) is 5.52. The molecule has 3 heteroatoms. The maximum atomic E-state index is 10.9. The van der Waals surface area contributed by atoms with E-state index in [0.717, 1.165) is 35.8 Å². The molecule has 2 nitrogen and oxygen atoms in total. The smallest absolute Gasteiger partial charge is 0.151 e. The molecule has 0 amide bonds. The summed E-state index contributed by atoms with van der Waals surface area (Å²) in [5, 5.41) is 0. The van der Waals surface area contributed by atoms with Crippen LogP contribution in [0.3, 0.4) is 0 Å². The molecule has 0 aliphatic heterocycles. The van der Waals surface area contributed by atoms with Gasteiger partial charge in [-0.15, -0.1) is 0 Å². The molecule has 2 aromatic carbocycles. The molecule has 0 aromatic heterocycles. The van der Waals surface area contributed by atoms with Crippen LogP contribution in [0.25, 0.3) is 0 Å². The van der Waals surface area contributed by atoms with E-state index in [2.05, 4.69) is 39.9 Å². The van der Waals surface area contributed by atoms with E-state index in [0.29, 0.717) is 5.56 Å². The Hall–Kier alpha value is -1.61. The lowest BCUT2D eigenvalue weighted by atomic mass is 10.1. The van der Waals surface area contributed by atoms with Crippen LogP contribution in [-0.2, 0) is 0 Å². The lowest BCUT2D eigenvalue weighted by Gasteiger charge is -2.25. The highest BCUT2D eigenvalue weighted by molar-refractivity contribution is 9.10. The van der Waals surface area contributed by atoms with Gasteiger partial charge in [0.25, 0.3) is 0 Å². The lowest BCUT2D eigenvalue weighted by molar-refractivity contribution is 0.112. The van der Waals surface area contributed by atoms with Crippen molar-refractivity contribution in [2.24, 2.45) is 0 Å². The summed E-state index contributed by atoms with van der Waals surface area (Å²) in [6.07, 6.45) is 3.14. The van der Waals surface area contributed by atoms with Gasteiger partial charge in [-0.3, -0.25) is 4.79 Å². The van der Waals surface area contributed by atoms with Crippen molar-refractivity contribution in [1.82, 2.24) is 0 Å². The first-order chi connectivity index (χ1) is 9.76. The molecule has 2 aromatic rings. The minimum absolute atomic E-state index is 0.678. The van der Waals surface area contributed by atoms with Crippen LogP contribution in [0.4, 0.5) is 11.4 Å². The third kappa shape index (κ3) is 3.48. The Bertz CT molecular complexity index is 568. The van der Waals surface area contributed by atoms with Crippen molar-refractivity contribution in [3.8, 4) is 0 Å². The Morgan fingerprint density at radius 3 is 2.45 bits per heavy atom. The number of carbonyl (C=O) groups is 1. The lowest BCUT2D eigenvalue weighted by Crippen LogP contribution is -2.18. The Balaban J connectivity index is 2.36. The van der Waals surface area contributed by atoms with E-state index in [4.69, 9.17) is 0 Å². The molecular weight excluding hydrogens is 314 g/mol. The number of hydrogen-bond acceptors (Lipinski definition) is 2. The summed E-state index contributed by atoms with van der Waals surface area (Å²) in [5.74, 6) is 0. The van der Waals surface area contributed by atoms with Crippen molar-refractivity contribution in [2.75, 3.05) is 11.4 Å². The summed E-state index contributed by atoms with van der Waals surface area (Å²) in [4.78, 5) is 13.2. The zero-order chi connectivity index (χ0) is 14.4. The molecule has 104 valence electrons. The third-order valence-corrected chi connectivity index (χ3v) is 3.91. The predicted molar refractivity (Wildman–Crippen MR) is 87.9 cm³/mol. The Morgan fingerprint density at radius 1 is 1.10 bits per heavy atom.